The number of rotatable bonds is 4. The van der Waals surface area contributed by atoms with Gasteiger partial charge in [0.2, 0.25) is 0 Å². The average Bonchev–Trinajstić information content (AvgIpc) is 3.07. The van der Waals surface area contributed by atoms with Gasteiger partial charge in [0.15, 0.2) is 0 Å². The monoisotopic (exact) mass is 311 g/mol. The van der Waals surface area contributed by atoms with Gasteiger partial charge < -0.3 is 5.32 Å². The molecular weight excluding hydrogens is 294 g/mol. The molecule has 1 aliphatic rings. The molecule has 1 fully saturated rings. The highest BCUT2D eigenvalue weighted by Crippen LogP contribution is 2.43. The number of H-pyrrole nitrogens is 1. The zero-order valence-corrected chi connectivity index (χ0v) is 13.2. The lowest BCUT2D eigenvalue weighted by Gasteiger charge is -2.11. The van der Waals surface area contributed by atoms with E-state index in [0.29, 0.717) is 12.5 Å². The summed E-state index contributed by atoms with van der Waals surface area (Å²) in [5.41, 5.74) is 3.59. The van der Waals surface area contributed by atoms with Crippen LogP contribution < -0.4 is 5.32 Å². The molecule has 1 saturated carbocycles. The first-order valence-electron chi connectivity index (χ1n) is 7.52. The smallest absolute Gasteiger partial charge is 0.261 e. The number of aromatic amines is 1. The van der Waals surface area contributed by atoms with Gasteiger partial charge >= 0.3 is 0 Å². The van der Waals surface area contributed by atoms with Crippen molar-refractivity contribution in [2.75, 3.05) is 0 Å². The highest BCUT2D eigenvalue weighted by atomic mass is 32.1. The molecule has 1 amide bonds. The summed E-state index contributed by atoms with van der Waals surface area (Å²) in [6.45, 7) is 2.57. The molecule has 0 atom stereocenters. The average molecular weight is 311 g/mol. The Balaban J connectivity index is 1.61. The minimum atomic E-state index is 0.000319. The van der Waals surface area contributed by atoms with E-state index in [1.54, 1.807) is 0 Å². The predicted molar refractivity (Wildman–Crippen MR) is 88.3 cm³/mol. The zero-order valence-electron chi connectivity index (χ0n) is 12.3. The topological polar surface area (TPSA) is 57.8 Å². The normalized spacial score (nSPS) is 14.4. The van der Waals surface area contributed by atoms with Gasteiger partial charge in [-0.2, -0.15) is 5.10 Å². The highest BCUT2D eigenvalue weighted by molar-refractivity contribution is 7.13. The van der Waals surface area contributed by atoms with Crippen LogP contribution in [0, 0.1) is 6.92 Å². The SMILES string of the molecule is Cc1ccc(C(=O)NCc2c(C3CC3)ccc3[nH]ncc23)s1. The number of amides is 1. The fourth-order valence-corrected chi connectivity index (χ4v) is 3.66. The van der Waals surface area contributed by atoms with E-state index in [1.165, 1.54) is 35.3 Å². The van der Waals surface area contributed by atoms with Gasteiger partial charge in [-0.25, -0.2) is 0 Å². The van der Waals surface area contributed by atoms with E-state index in [-0.39, 0.29) is 5.91 Å². The maximum atomic E-state index is 12.3. The van der Waals surface area contributed by atoms with E-state index in [1.807, 2.05) is 25.3 Å². The number of aromatic nitrogens is 2. The number of nitrogens with one attached hydrogen (secondary N) is 2. The third kappa shape index (κ3) is 2.41. The molecule has 5 heteroatoms. The number of hydrogen-bond donors (Lipinski definition) is 2. The fraction of sp³-hybridized carbons (Fsp3) is 0.294. The van der Waals surface area contributed by atoms with E-state index >= 15 is 0 Å². The van der Waals surface area contributed by atoms with Crippen LogP contribution in [0.25, 0.3) is 10.9 Å². The molecular formula is C17H17N3OS. The summed E-state index contributed by atoms with van der Waals surface area (Å²) in [5.74, 6) is 0.649. The third-order valence-corrected chi connectivity index (χ3v) is 5.18. The number of nitrogens with zero attached hydrogens (tertiary/aromatic N) is 1. The number of aryl methyl sites for hydroxylation is 1. The Morgan fingerprint density at radius 2 is 2.23 bits per heavy atom. The molecule has 0 unspecified atom stereocenters. The summed E-state index contributed by atoms with van der Waals surface area (Å²) in [5, 5.41) is 11.3. The van der Waals surface area contributed by atoms with Crippen molar-refractivity contribution >= 4 is 28.1 Å². The summed E-state index contributed by atoms with van der Waals surface area (Å²) in [4.78, 5) is 14.2. The Morgan fingerprint density at radius 3 is 2.95 bits per heavy atom. The van der Waals surface area contributed by atoms with Gasteiger partial charge in [0, 0.05) is 16.8 Å². The molecule has 112 valence electrons. The number of carbonyl (C=O) groups excluding carboxylic acids is 1. The van der Waals surface area contributed by atoms with Crippen molar-refractivity contribution in [2.45, 2.75) is 32.2 Å². The lowest BCUT2D eigenvalue weighted by molar-refractivity contribution is 0.0955. The molecule has 2 heterocycles. The summed E-state index contributed by atoms with van der Waals surface area (Å²) in [7, 11) is 0. The molecule has 2 N–H and O–H groups in total. The van der Waals surface area contributed by atoms with Crippen molar-refractivity contribution in [3.63, 3.8) is 0 Å². The first kappa shape index (κ1) is 13.5. The molecule has 1 aromatic carbocycles. The standard InChI is InChI=1S/C17H17N3OS/c1-10-2-7-16(22-10)17(21)18-8-13-12(11-3-4-11)5-6-15-14(13)9-19-20-15/h2,5-7,9,11H,3-4,8H2,1H3,(H,18,21)(H,19,20). The Kier molecular flexibility index (Phi) is 3.22. The number of benzene rings is 1. The number of hydrogen-bond acceptors (Lipinski definition) is 3. The molecule has 22 heavy (non-hydrogen) atoms. The van der Waals surface area contributed by atoms with E-state index in [9.17, 15) is 4.79 Å². The van der Waals surface area contributed by atoms with Gasteiger partial charge in [0.05, 0.1) is 16.6 Å². The maximum absolute atomic E-state index is 12.3. The molecule has 4 nitrogen and oxygen atoms in total. The largest absolute Gasteiger partial charge is 0.347 e. The van der Waals surface area contributed by atoms with Gasteiger partial charge in [0.1, 0.15) is 0 Å². The Hall–Kier alpha value is -2.14. The maximum Gasteiger partial charge on any atom is 0.261 e. The number of thiophene rings is 1. The molecule has 3 aromatic rings. The first-order valence-corrected chi connectivity index (χ1v) is 8.33. The molecule has 0 bridgehead atoms. The molecule has 1 aliphatic carbocycles. The lowest BCUT2D eigenvalue weighted by atomic mass is 9.99. The molecule has 0 radical (unpaired) electrons. The van der Waals surface area contributed by atoms with Crippen LogP contribution in [-0.4, -0.2) is 16.1 Å². The summed E-state index contributed by atoms with van der Waals surface area (Å²) in [6, 6.07) is 8.13. The Bertz CT molecular complexity index is 845. The molecule has 0 saturated heterocycles. The second kappa shape index (κ2) is 5.25. The van der Waals surface area contributed by atoms with Crippen LogP contribution in [0.2, 0.25) is 0 Å². The fourth-order valence-electron chi connectivity index (χ4n) is 2.88. The van der Waals surface area contributed by atoms with Crippen LogP contribution >= 0.6 is 11.3 Å². The van der Waals surface area contributed by atoms with E-state index in [4.69, 9.17) is 0 Å². The third-order valence-electron chi connectivity index (χ3n) is 4.18. The van der Waals surface area contributed by atoms with Gasteiger partial charge in [-0.1, -0.05) is 6.07 Å². The van der Waals surface area contributed by atoms with Crippen LogP contribution in [0.1, 0.15) is 44.4 Å². The van der Waals surface area contributed by atoms with Crippen molar-refractivity contribution in [3.8, 4) is 0 Å². The second-order valence-corrected chi connectivity index (χ2v) is 7.12. The second-order valence-electron chi connectivity index (χ2n) is 5.83. The molecule has 2 aromatic heterocycles. The van der Waals surface area contributed by atoms with Crippen molar-refractivity contribution in [1.82, 2.24) is 15.5 Å². The minimum absolute atomic E-state index is 0.000319. The van der Waals surface area contributed by atoms with Gasteiger partial charge in [-0.15, -0.1) is 11.3 Å². The Labute approximate surface area is 132 Å². The van der Waals surface area contributed by atoms with Gasteiger partial charge in [0.25, 0.3) is 5.91 Å². The van der Waals surface area contributed by atoms with Crippen LogP contribution in [0.4, 0.5) is 0 Å². The molecule has 0 aliphatic heterocycles. The van der Waals surface area contributed by atoms with Crippen molar-refractivity contribution in [2.24, 2.45) is 0 Å². The van der Waals surface area contributed by atoms with Crippen LogP contribution in [0.3, 0.4) is 0 Å². The first-order chi connectivity index (χ1) is 10.7. The highest BCUT2D eigenvalue weighted by Gasteiger charge is 2.27. The summed E-state index contributed by atoms with van der Waals surface area (Å²) in [6.07, 6.45) is 4.35. The predicted octanol–water partition coefficient (Wildman–Crippen LogP) is 3.74. The van der Waals surface area contributed by atoms with E-state index in [2.05, 4.69) is 27.6 Å². The van der Waals surface area contributed by atoms with E-state index in [0.717, 1.165) is 20.7 Å². The van der Waals surface area contributed by atoms with Gasteiger partial charge in [-0.05, 0) is 55.0 Å². The quantitative estimate of drug-likeness (QED) is 0.771. The lowest BCUT2D eigenvalue weighted by Crippen LogP contribution is -2.22. The van der Waals surface area contributed by atoms with Crippen molar-refractivity contribution in [1.29, 1.82) is 0 Å². The number of fused-ring (bicyclic) bond motifs is 1. The van der Waals surface area contributed by atoms with Crippen LogP contribution in [-0.2, 0) is 6.54 Å². The summed E-state index contributed by atoms with van der Waals surface area (Å²) >= 11 is 1.53. The van der Waals surface area contributed by atoms with Gasteiger partial charge in [-0.3, -0.25) is 9.89 Å². The minimum Gasteiger partial charge on any atom is -0.347 e. The molecule has 4 rings (SSSR count). The zero-order chi connectivity index (χ0) is 15.1. The van der Waals surface area contributed by atoms with E-state index < -0.39 is 0 Å². The number of carbonyl (C=O) groups is 1. The van der Waals surface area contributed by atoms with Crippen molar-refractivity contribution in [3.05, 3.63) is 51.3 Å². The van der Waals surface area contributed by atoms with Crippen LogP contribution in [0.5, 0.6) is 0 Å². The van der Waals surface area contributed by atoms with Crippen LogP contribution in [0.15, 0.2) is 30.5 Å². The molecule has 0 spiro atoms. The Morgan fingerprint density at radius 1 is 1.36 bits per heavy atom. The van der Waals surface area contributed by atoms with Crippen molar-refractivity contribution < 1.29 is 4.79 Å². The summed E-state index contributed by atoms with van der Waals surface area (Å²) < 4.78 is 0.